The van der Waals surface area contributed by atoms with Crippen LogP contribution >= 0.6 is 0 Å². The van der Waals surface area contributed by atoms with E-state index < -0.39 is 0 Å². The second kappa shape index (κ2) is 8.80. The lowest BCUT2D eigenvalue weighted by atomic mass is 10.1. The molecule has 0 bridgehead atoms. The molecule has 0 spiro atoms. The molecule has 0 atom stereocenters. The molecular formula is C15H21O2. The minimum Gasteiger partial charge on any atom is -0.427 e. The highest BCUT2D eigenvalue weighted by Crippen LogP contribution is 2.11. The van der Waals surface area contributed by atoms with Gasteiger partial charge >= 0.3 is 5.97 Å². The Morgan fingerprint density at radius 3 is 2.65 bits per heavy atom. The summed E-state index contributed by atoms with van der Waals surface area (Å²) in [6.45, 7) is 2.20. The fourth-order valence-electron chi connectivity index (χ4n) is 1.60. The molecule has 0 aliphatic rings. The largest absolute Gasteiger partial charge is 0.427 e. The van der Waals surface area contributed by atoms with Gasteiger partial charge in [-0.05, 0) is 25.0 Å². The van der Waals surface area contributed by atoms with E-state index in [4.69, 9.17) is 4.74 Å². The van der Waals surface area contributed by atoms with Crippen molar-refractivity contribution in [2.45, 2.75) is 45.4 Å². The van der Waals surface area contributed by atoms with Crippen molar-refractivity contribution in [1.29, 1.82) is 0 Å². The number of para-hydroxylation sites is 1. The van der Waals surface area contributed by atoms with Crippen LogP contribution in [-0.4, -0.2) is 5.97 Å². The zero-order chi connectivity index (χ0) is 12.3. The minimum absolute atomic E-state index is 0.174. The van der Waals surface area contributed by atoms with Crippen molar-refractivity contribution in [2.24, 2.45) is 0 Å². The van der Waals surface area contributed by atoms with Crippen molar-refractivity contribution in [1.82, 2.24) is 0 Å². The molecule has 0 aliphatic carbocycles. The molecule has 0 heterocycles. The maximum absolute atomic E-state index is 11.4. The molecule has 0 aromatic heterocycles. The molecule has 0 aliphatic heterocycles. The van der Waals surface area contributed by atoms with Crippen LogP contribution in [0.2, 0.25) is 0 Å². The van der Waals surface area contributed by atoms with E-state index in [-0.39, 0.29) is 5.97 Å². The Balaban J connectivity index is 2.06. The van der Waals surface area contributed by atoms with Crippen LogP contribution in [0, 0.1) is 6.42 Å². The van der Waals surface area contributed by atoms with Gasteiger partial charge in [0, 0.05) is 6.42 Å². The van der Waals surface area contributed by atoms with Gasteiger partial charge in [0.25, 0.3) is 0 Å². The average molecular weight is 233 g/mol. The highest BCUT2D eigenvalue weighted by atomic mass is 16.5. The van der Waals surface area contributed by atoms with Crippen LogP contribution in [0.4, 0.5) is 0 Å². The Labute approximate surface area is 104 Å². The van der Waals surface area contributed by atoms with Crippen molar-refractivity contribution in [3.05, 3.63) is 36.8 Å². The van der Waals surface area contributed by atoms with Crippen molar-refractivity contribution >= 4 is 5.97 Å². The first kappa shape index (κ1) is 13.8. The molecule has 93 valence electrons. The van der Waals surface area contributed by atoms with Gasteiger partial charge < -0.3 is 4.74 Å². The van der Waals surface area contributed by atoms with Gasteiger partial charge in [-0.25, -0.2) is 0 Å². The van der Waals surface area contributed by atoms with E-state index in [1.54, 1.807) is 12.1 Å². The summed E-state index contributed by atoms with van der Waals surface area (Å²) in [5.41, 5.74) is 0. The molecule has 2 heteroatoms. The summed E-state index contributed by atoms with van der Waals surface area (Å²) in [6, 6.07) is 9.20. The van der Waals surface area contributed by atoms with Gasteiger partial charge in [-0.1, -0.05) is 50.8 Å². The number of hydrogen-bond acceptors (Lipinski definition) is 2. The Morgan fingerprint density at radius 1 is 1.18 bits per heavy atom. The van der Waals surface area contributed by atoms with Gasteiger partial charge in [0.15, 0.2) is 0 Å². The summed E-state index contributed by atoms with van der Waals surface area (Å²) in [7, 11) is 0. The molecule has 0 unspecified atom stereocenters. The van der Waals surface area contributed by atoms with Gasteiger partial charge in [-0.3, -0.25) is 4.79 Å². The molecule has 0 fully saturated rings. The monoisotopic (exact) mass is 233 g/mol. The quantitative estimate of drug-likeness (QED) is 0.383. The highest BCUT2D eigenvalue weighted by Gasteiger charge is 2.03. The van der Waals surface area contributed by atoms with E-state index in [2.05, 4.69) is 6.92 Å². The van der Waals surface area contributed by atoms with E-state index in [1.165, 1.54) is 25.7 Å². The number of benzene rings is 1. The van der Waals surface area contributed by atoms with Crippen LogP contribution in [0.15, 0.2) is 30.3 Å². The molecule has 1 aromatic carbocycles. The van der Waals surface area contributed by atoms with Gasteiger partial charge in [0.2, 0.25) is 0 Å². The summed E-state index contributed by atoms with van der Waals surface area (Å²) >= 11 is 0. The Bertz CT molecular complexity index is 306. The smallest absolute Gasteiger partial charge is 0.311 e. The number of carbonyl (C=O) groups is 1. The summed E-state index contributed by atoms with van der Waals surface area (Å²) in [4.78, 5) is 11.4. The summed E-state index contributed by atoms with van der Waals surface area (Å²) in [5, 5.41) is 0. The number of unbranched alkanes of at least 4 members (excludes halogenated alkanes) is 5. The standard InChI is InChI=1S/C15H21O2/c1-2-3-4-5-6-10-13-15(16)17-14-11-8-7-9-12-14/h7-12H,2-6,13H2,1H3. The van der Waals surface area contributed by atoms with Crippen molar-refractivity contribution < 1.29 is 9.53 Å². The van der Waals surface area contributed by atoms with E-state index in [1.807, 2.05) is 24.6 Å². The molecular weight excluding hydrogens is 212 g/mol. The summed E-state index contributed by atoms with van der Waals surface area (Å²) in [6.07, 6.45) is 8.37. The zero-order valence-corrected chi connectivity index (χ0v) is 10.5. The molecule has 0 saturated carbocycles. The number of rotatable bonds is 8. The van der Waals surface area contributed by atoms with Gasteiger partial charge in [-0.2, -0.15) is 0 Å². The highest BCUT2D eigenvalue weighted by molar-refractivity contribution is 5.73. The van der Waals surface area contributed by atoms with E-state index in [9.17, 15) is 4.79 Å². The first-order valence-corrected chi connectivity index (χ1v) is 6.40. The SMILES string of the molecule is CCCCCC[CH]CC(=O)Oc1ccccc1. The average Bonchev–Trinajstić information content (AvgIpc) is 2.35. The van der Waals surface area contributed by atoms with Crippen LogP contribution in [-0.2, 0) is 4.79 Å². The van der Waals surface area contributed by atoms with Crippen molar-refractivity contribution in [3.8, 4) is 5.75 Å². The van der Waals surface area contributed by atoms with Gasteiger partial charge in [0.05, 0.1) is 0 Å². The molecule has 1 radical (unpaired) electrons. The number of hydrogen-bond donors (Lipinski definition) is 0. The zero-order valence-electron chi connectivity index (χ0n) is 10.5. The lowest BCUT2D eigenvalue weighted by Gasteiger charge is -2.03. The van der Waals surface area contributed by atoms with E-state index >= 15 is 0 Å². The fraction of sp³-hybridized carbons (Fsp3) is 0.467. The lowest BCUT2D eigenvalue weighted by molar-refractivity contribution is -0.133. The fourth-order valence-corrected chi connectivity index (χ4v) is 1.60. The molecule has 1 rings (SSSR count). The maximum atomic E-state index is 11.4. The van der Waals surface area contributed by atoms with Gasteiger partial charge in [0.1, 0.15) is 5.75 Å². The first-order valence-electron chi connectivity index (χ1n) is 6.40. The van der Waals surface area contributed by atoms with Crippen LogP contribution < -0.4 is 4.74 Å². The molecule has 0 saturated heterocycles. The van der Waals surface area contributed by atoms with Crippen molar-refractivity contribution in [2.75, 3.05) is 0 Å². The third-order valence-corrected chi connectivity index (χ3v) is 2.55. The topological polar surface area (TPSA) is 26.3 Å². The first-order chi connectivity index (χ1) is 8.33. The van der Waals surface area contributed by atoms with E-state index in [0.717, 1.165) is 6.42 Å². The van der Waals surface area contributed by atoms with Crippen LogP contribution in [0.5, 0.6) is 5.75 Å². The van der Waals surface area contributed by atoms with E-state index in [0.29, 0.717) is 12.2 Å². The predicted octanol–water partition coefficient (Wildman–Crippen LogP) is 4.16. The summed E-state index contributed by atoms with van der Waals surface area (Å²) < 4.78 is 5.17. The molecule has 2 nitrogen and oxygen atoms in total. The Hall–Kier alpha value is -1.31. The number of carbonyl (C=O) groups excluding carboxylic acids is 1. The number of ether oxygens (including phenoxy) is 1. The third-order valence-electron chi connectivity index (χ3n) is 2.55. The Kier molecular flexibility index (Phi) is 7.12. The summed E-state index contributed by atoms with van der Waals surface area (Å²) in [5.74, 6) is 0.448. The molecule has 0 amide bonds. The normalized spacial score (nSPS) is 10.2. The van der Waals surface area contributed by atoms with Crippen LogP contribution in [0.25, 0.3) is 0 Å². The lowest BCUT2D eigenvalue weighted by Crippen LogP contribution is -2.07. The van der Waals surface area contributed by atoms with Gasteiger partial charge in [-0.15, -0.1) is 0 Å². The second-order valence-corrected chi connectivity index (χ2v) is 4.13. The Morgan fingerprint density at radius 2 is 1.94 bits per heavy atom. The predicted molar refractivity (Wildman–Crippen MR) is 69.8 cm³/mol. The molecule has 1 aromatic rings. The third kappa shape index (κ3) is 6.77. The van der Waals surface area contributed by atoms with Crippen molar-refractivity contribution in [3.63, 3.8) is 0 Å². The molecule has 17 heavy (non-hydrogen) atoms. The van der Waals surface area contributed by atoms with Crippen LogP contribution in [0.3, 0.4) is 0 Å². The number of esters is 1. The van der Waals surface area contributed by atoms with Crippen LogP contribution in [0.1, 0.15) is 45.4 Å². The molecule has 0 N–H and O–H groups in total. The second-order valence-electron chi connectivity index (χ2n) is 4.13. The maximum Gasteiger partial charge on any atom is 0.311 e. The minimum atomic E-state index is -0.174.